The second kappa shape index (κ2) is 4.23. The van der Waals surface area contributed by atoms with E-state index in [1.165, 1.54) is 0 Å². The van der Waals surface area contributed by atoms with Crippen molar-refractivity contribution < 1.29 is 0 Å². The Labute approximate surface area is 94.0 Å². The van der Waals surface area contributed by atoms with E-state index in [-0.39, 0.29) is 11.6 Å². The van der Waals surface area contributed by atoms with E-state index in [0.717, 1.165) is 10.9 Å². The summed E-state index contributed by atoms with van der Waals surface area (Å²) in [7, 11) is 0. The van der Waals surface area contributed by atoms with Crippen molar-refractivity contribution in [1.29, 1.82) is 0 Å². The van der Waals surface area contributed by atoms with Gasteiger partial charge in [0.05, 0.1) is 11.6 Å². The first kappa shape index (κ1) is 10.5. The molecule has 16 heavy (non-hydrogen) atoms. The predicted molar refractivity (Wildman–Crippen MR) is 67.2 cm³/mol. The molecule has 0 fully saturated rings. The molecule has 1 aromatic heterocycles. The van der Waals surface area contributed by atoms with Gasteiger partial charge in [-0.3, -0.25) is 4.79 Å². The van der Waals surface area contributed by atoms with Gasteiger partial charge >= 0.3 is 0 Å². The van der Waals surface area contributed by atoms with Crippen molar-refractivity contribution >= 4 is 10.9 Å². The van der Waals surface area contributed by atoms with Crippen molar-refractivity contribution in [2.24, 2.45) is 0 Å². The van der Waals surface area contributed by atoms with Crippen LogP contribution in [0, 0.1) is 0 Å². The summed E-state index contributed by atoms with van der Waals surface area (Å²) in [5.41, 5.74) is 3.90. The highest BCUT2D eigenvalue weighted by molar-refractivity contribution is 5.78. The van der Waals surface area contributed by atoms with Crippen LogP contribution in [0.4, 0.5) is 0 Å². The van der Waals surface area contributed by atoms with Crippen LogP contribution in [0.3, 0.4) is 0 Å². The van der Waals surface area contributed by atoms with Gasteiger partial charge in [-0.15, -0.1) is 6.58 Å². The zero-order valence-corrected chi connectivity index (χ0v) is 9.18. The van der Waals surface area contributed by atoms with E-state index >= 15 is 0 Å². The minimum atomic E-state index is -0.0626. The first-order valence-corrected chi connectivity index (χ1v) is 5.22. The number of hydrogen-bond donors (Lipinski definition) is 1. The number of aromatic nitrogens is 1. The molecule has 0 aliphatic carbocycles. The molecule has 0 saturated carbocycles. The lowest BCUT2D eigenvalue weighted by Gasteiger charge is -2.15. The Morgan fingerprint density at radius 1 is 1.31 bits per heavy atom. The van der Waals surface area contributed by atoms with Crippen molar-refractivity contribution in [3.05, 3.63) is 59.4 Å². The molecule has 3 heteroatoms. The van der Waals surface area contributed by atoms with E-state index in [9.17, 15) is 4.79 Å². The maximum atomic E-state index is 11.8. The molecule has 2 aromatic rings. The molecule has 1 heterocycles. The third-order valence-electron chi connectivity index (χ3n) is 2.49. The first-order valence-electron chi connectivity index (χ1n) is 5.22. The highest BCUT2D eigenvalue weighted by atomic mass is 16.1. The van der Waals surface area contributed by atoms with E-state index < -0.39 is 0 Å². The molecule has 82 valence electrons. The zero-order valence-electron chi connectivity index (χ0n) is 9.18. The molecule has 1 aromatic carbocycles. The van der Waals surface area contributed by atoms with Gasteiger partial charge in [-0.2, -0.15) is 0 Å². The van der Waals surface area contributed by atoms with Crippen LogP contribution in [0.15, 0.2) is 53.8 Å². The molecule has 0 aliphatic rings. The molecule has 3 nitrogen and oxygen atoms in total. The summed E-state index contributed by atoms with van der Waals surface area (Å²) in [5.74, 6) is 0. The van der Waals surface area contributed by atoms with Crippen molar-refractivity contribution in [3.8, 4) is 0 Å². The molecule has 1 atom stereocenters. The minimum absolute atomic E-state index is 0.0449. The van der Waals surface area contributed by atoms with Crippen LogP contribution in [0.2, 0.25) is 0 Å². The number of hydrogen-bond acceptors (Lipinski definition) is 2. The molecular formula is C13H14N2O. The normalized spacial score (nSPS) is 12.3. The first-order chi connectivity index (χ1) is 7.72. The SMILES string of the molecule is C=CC(C)Nn1c(=O)ccc2ccccc21. The average Bonchev–Trinajstić information content (AvgIpc) is 2.32. The molecule has 0 aliphatic heterocycles. The Morgan fingerprint density at radius 3 is 2.81 bits per heavy atom. The standard InChI is InChI=1S/C13H14N2O/c1-3-10(2)14-15-12-7-5-4-6-11(12)8-9-13(15)16/h3-10,14H,1H2,2H3. The van der Waals surface area contributed by atoms with Crippen LogP contribution >= 0.6 is 0 Å². The summed E-state index contributed by atoms with van der Waals surface area (Å²) in [5, 5.41) is 1.03. The Hall–Kier alpha value is -2.03. The monoisotopic (exact) mass is 214 g/mol. The van der Waals surface area contributed by atoms with Gasteiger partial charge in [-0.05, 0) is 19.1 Å². The van der Waals surface area contributed by atoms with Gasteiger partial charge in [-0.25, -0.2) is 4.68 Å². The highest BCUT2D eigenvalue weighted by Gasteiger charge is 2.03. The van der Waals surface area contributed by atoms with Gasteiger partial charge in [0.2, 0.25) is 0 Å². The van der Waals surface area contributed by atoms with Crippen molar-refractivity contribution in [1.82, 2.24) is 4.68 Å². The summed E-state index contributed by atoms with van der Waals surface area (Å²) in [6.45, 7) is 5.63. The summed E-state index contributed by atoms with van der Waals surface area (Å²) in [6.07, 6.45) is 1.76. The molecule has 0 radical (unpaired) electrons. The van der Waals surface area contributed by atoms with E-state index in [1.54, 1.807) is 16.8 Å². The third kappa shape index (κ3) is 1.84. The number of pyridine rings is 1. The molecule has 0 amide bonds. The molecule has 2 rings (SSSR count). The Bertz CT molecular complexity index is 571. The molecule has 0 spiro atoms. The van der Waals surface area contributed by atoms with Crippen molar-refractivity contribution in [2.75, 3.05) is 5.43 Å². The van der Waals surface area contributed by atoms with Crippen LogP contribution in [0.1, 0.15) is 6.92 Å². The second-order valence-electron chi connectivity index (χ2n) is 3.72. The lowest BCUT2D eigenvalue weighted by molar-refractivity contribution is 0.782. The number of nitrogens with one attached hydrogen (secondary N) is 1. The van der Waals surface area contributed by atoms with Gasteiger partial charge in [0, 0.05) is 11.5 Å². The molecule has 0 saturated heterocycles. The number of para-hydroxylation sites is 1. The summed E-state index contributed by atoms with van der Waals surface area (Å²) in [6, 6.07) is 11.2. The van der Waals surface area contributed by atoms with Crippen LogP contribution in [0.5, 0.6) is 0 Å². The minimum Gasteiger partial charge on any atom is -0.316 e. The number of fused-ring (bicyclic) bond motifs is 1. The Morgan fingerprint density at radius 2 is 2.06 bits per heavy atom. The van der Waals surface area contributed by atoms with Crippen LogP contribution in [0.25, 0.3) is 10.9 Å². The highest BCUT2D eigenvalue weighted by Crippen LogP contribution is 2.09. The lowest BCUT2D eigenvalue weighted by atomic mass is 10.2. The van der Waals surface area contributed by atoms with Gasteiger partial charge in [0.25, 0.3) is 5.56 Å². The summed E-state index contributed by atoms with van der Waals surface area (Å²) >= 11 is 0. The van der Waals surface area contributed by atoms with E-state index in [4.69, 9.17) is 0 Å². The van der Waals surface area contributed by atoms with Crippen LogP contribution < -0.4 is 11.0 Å². The third-order valence-corrected chi connectivity index (χ3v) is 2.49. The van der Waals surface area contributed by atoms with E-state index in [0.29, 0.717) is 0 Å². The maximum Gasteiger partial charge on any atom is 0.269 e. The van der Waals surface area contributed by atoms with Gasteiger partial charge in [0.1, 0.15) is 0 Å². The Balaban J connectivity index is 2.61. The van der Waals surface area contributed by atoms with E-state index in [1.807, 2.05) is 37.3 Å². The van der Waals surface area contributed by atoms with Crippen LogP contribution in [-0.2, 0) is 0 Å². The number of nitrogens with zero attached hydrogens (tertiary/aromatic N) is 1. The van der Waals surface area contributed by atoms with Crippen molar-refractivity contribution in [3.63, 3.8) is 0 Å². The number of rotatable bonds is 3. The largest absolute Gasteiger partial charge is 0.316 e. The lowest BCUT2D eigenvalue weighted by Crippen LogP contribution is -2.33. The second-order valence-corrected chi connectivity index (χ2v) is 3.72. The number of benzene rings is 1. The maximum absolute atomic E-state index is 11.8. The fourth-order valence-electron chi connectivity index (χ4n) is 1.58. The van der Waals surface area contributed by atoms with Gasteiger partial charge in [-0.1, -0.05) is 24.3 Å². The molecule has 1 N–H and O–H groups in total. The molecule has 1 unspecified atom stereocenters. The van der Waals surface area contributed by atoms with E-state index in [2.05, 4.69) is 12.0 Å². The topological polar surface area (TPSA) is 34.0 Å². The average molecular weight is 214 g/mol. The fraction of sp³-hybridized carbons (Fsp3) is 0.154. The Kier molecular flexibility index (Phi) is 2.77. The quantitative estimate of drug-likeness (QED) is 0.794. The molecular weight excluding hydrogens is 200 g/mol. The van der Waals surface area contributed by atoms with Gasteiger partial charge < -0.3 is 5.43 Å². The fourth-order valence-corrected chi connectivity index (χ4v) is 1.58. The molecule has 0 bridgehead atoms. The van der Waals surface area contributed by atoms with Crippen molar-refractivity contribution in [2.45, 2.75) is 13.0 Å². The predicted octanol–water partition coefficient (Wildman–Crippen LogP) is 2.12. The van der Waals surface area contributed by atoms with Gasteiger partial charge in [0.15, 0.2) is 0 Å². The van der Waals surface area contributed by atoms with Crippen LogP contribution in [-0.4, -0.2) is 10.7 Å². The smallest absolute Gasteiger partial charge is 0.269 e. The zero-order chi connectivity index (χ0) is 11.5. The summed E-state index contributed by atoms with van der Waals surface area (Å²) in [4.78, 5) is 11.8. The summed E-state index contributed by atoms with van der Waals surface area (Å²) < 4.78 is 1.56.